The van der Waals surface area contributed by atoms with E-state index in [2.05, 4.69) is 6.92 Å². The Morgan fingerprint density at radius 2 is 1.47 bits per heavy atom. The summed E-state index contributed by atoms with van der Waals surface area (Å²) in [6.45, 7) is 4.51. The molecule has 0 aromatic heterocycles. The van der Waals surface area contributed by atoms with Crippen LogP contribution in [0, 0.1) is 29.6 Å². The summed E-state index contributed by atoms with van der Waals surface area (Å²) in [5.74, 6) is 2.42. The maximum atomic E-state index is 11.2. The van der Waals surface area contributed by atoms with Gasteiger partial charge in [0.2, 0.25) is 0 Å². The van der Waals surface area contributed by atoms with E-state index >= 15 is 0 Å². The topological polar surface area (TPSA) is 66.8 Å². The highest BCUT2D eigenvalue weighted by molar-refractivity contribution is 5.41. The van der Waals surface area contributed by atoms with Crippen LogP contribution in [0.3, 0.4) is 0 Å². The summed E-state index contributed by atoms with van der Waals surface area (Å²) in [5.41, 5.74) is 1.04. The van der Waals surface area contributed by atoms with Gasteiger partial charge >= 0.3 is 0 Å². The molecular formula is C26H42O4. The summed E-state index contributed by atoms with van der Waals surface area (Å²) in [5, 5.41) is 22.1. The number of aliphatic hydroxyl groups is 2. The molecule has 0 aromatic carbocycles. The number of ether oxygens (including phenoxy) is 1. The van der Waals surface area contributed by atoms with Gasteiger partial charge in [0, 0.05) is 12.0 Å². The number of allylic oxidation sites excluding steroid dienone is 2. The highest BCUT2D eigenvalue weighted by atomic mass is 16.5. The highest BCUT2D eigenvalue weighted by Crippen LogP contribution is 2.48. The molecule has 3 atom stereocenters. The van der Waals surface area contributed by atoms with Crippen LogP contribution in [0.5, 0.6) is 0 Å². The maximum absolute atomic E-state index is 11.2. The second kappa shape index (κ2) is 11.4. The Kier molecular flexibility index (Phi) is 8.85. The van der Waals surface area contributed by atoms with Gasteiger partial charge in [0.1, 0.15) is 11.5 Å². The predicted molar refractivity (Wildman–Crippen MR) is 120 cm³/mol. The molecule has 0 aromatic rings. The lowest BCUT2D eigenvalue weighted by Gasteiger charge is -2.33. The summed E-state index contributed by atoms with van der Waals surface area (Å²) >= 11 is 0. The minimum absolute atomic E-state index is 0.239. The Morgan fingerprint density at radius 3 is 1.97 bits per heavy atom. The van der Waals surface area contributed by atoms with E-state index in [1.807, 2.05) is 6.92 Å². The third-order valence-corrected chi connectivity index (χ3v) is 8.01. The maximum Gasteiger partial charge on any atom is 0.298 e. The van der Waals surface area contributed by atoms with Crippen molar-refractivity contribution in [1.29, 1.82) is 0 Å². The molecule has 0 radical (unpaired) electrons. The molecular weight excluding hydrogens is 376 g/mol. The van der Waals surface area contributed by atoms with Gasteiger partial charge in [-0.2, -0.15) is 0 Å². The molecule has 3 aliphatic rings. The van der Waals surface area contributed by atoms with Crippen LogP contribution in [0.15, 0.2) is 23.2 Å². The molecule has 4 heteroatoms. The van der Waals surface area contributed by atoms with Gasteiger partial charge in [-0.05, 0) is 81.1 Å². The van der Waals surface area contributed by atoms with Crippen molar-refractivity contribution in [2.24, 2.45) is 29.6 Å². The summed E-state index contributed by atoms with van der Waals surface area (Å²) < 4.78 is 5.36. The predicted octanol–water partition coefficient (Wildman–Crippen LogP) is 6.45. The molecule has 170 valence electrons. The molecule has 0 spiro atoms. The smallest absolute Gasteiger partial charge is 0.298 e. The Labute approximate surface area is 182 Å². The number of aliphatic hydroxyl groups excluding tert-OH is 2. The number of carbonyl (C=O) groups is 1. The lowest BCUT2D eigenvalue weighted by molar-refractivity contribution is -0.126. The van der Waals surface area contributed by atoms with Gasteiger partial charge < -0.3 is 14.9 Å². The quantitative estimate of drug-likeness (QED) is 0.243. The SMILES string of the molecule is CCC(/C(=C/C(O)=C(\C)C(C1CCCCC1)C1CC1)OC=O)C(O)C1CCCCC1. The van der Waals surface area contributed by atoms with Gasteiger partial charge in [-0.3, -0.25) is 4.79 Å². The van der Waals surface area contributed by atoms with Crippen molar-refractivity contribution in [3.63, 3.8) is 0 Å². The van der Waals surface area contributed by atoms with Crippen LogP contribution in [0.4, 0.5) is 0 Å². The zero-order chi connectivity index (χ0) is 21.5. The molecule has 0 bridgehead atoms. The second-order valence-electron chi connectivity index (χ2n) is 9.99. The molecule has 2 N–H and O–H groups in total. The summed E-state index contributed by atoms with van der Waals surface area (Å²) in [6, 6.07) is 0. The average molecular weight is 419 g/mol. The van der Waals surface area contributed by atoms with E-state index in [-0.39, 0.29) is 17.6 Å². The normalized spacial score (nSPS) is 25.9. The Hall–Kier alpha value is -1.29. The molecule has 4 nitrogen and oxygen atoms in total. The monoisotopic (exact) mass is 418 g/mol. The van der Waals surface area contributed by atoms with Crippen LogP contribution >= 0.6 is 0 Å². The van der Waals surface area contributed by atoms with E-state index in [1.165, 1.54) is 51.4 Å². The van der Waals surface area contributed by atoms with Crippen LogP contribution in [-0.2, 0) is 9.53 Å². The first-order chi connectivity index (χ1) is 14.6. The fourth-order valence-electron chi connectivity index (χ4n) is 6.16. The molecule has 0 aliphatic heterocycles. The van der Waals surface area contributed by atoms with Crippen LogP contribution in [0.1, 0.15) is 97.3 Å². The molecule has 0 amide bonds. The van der Waals surface area contributed by atoms with Gasteiger partial charge in [-0.25, -0.2) is 0 Å². The molecule has 0 saturated heterocycles. The van der Waals surface area contributed by atoms with Crippen LogP contribution in [-0.4, -0.2) is 22.8 Å². The van der Waals surface area contributed by atoms with Crippen LogP contribution < -0.4 is 0 Å². The number of rotatable bonds is 10. The standard InChI is InChI=1S/C26H42O4/c1-3-22(26(29)21-12-8-5-9-13-21)24(30-17-27)16-23(28)18(2)25(20-14-15-20)19-10-6-4-7-11-19/h16-17,19-22,25-26,28-29H,3-15H2,1-2H3/b23-18-,24-16-. The van der Waals surface area contributed by atoms with Gasteiger partial charge in [-0.15, -0.1) is 0 Å². The van der Waals surface area contributed by atoms with Crippen LogP contribution in [0.2, 0.25) is 0 Å². The molecule has 3 unspecified atom stereocenters. The summed E-state index contributed by atoms with van der Waals surface area (Å²) in [7, 11) is 0. The molecule has 3 saturated carbocycles. The molecule has 3 rings (SSSR count). The van der Waals surface area contributed by atoms with Crippen molar-refractivity contribution in [1.82, 2.24) is 0 Å². The van der Waals surface area contributed by atoms with E-state index in [0.29, 0.717) is 36.4 Å². The van der Waals surface area contributed by atoms with Crippen molar-refractivity contribution in [2.45, 2.75) is 103 Å². The van der Waals surface area contributed by atoms with E-state index < -0.39 is 6.10 Å². The minimum Gasteiger partial charge on any atom is -0.508 e. The number of carbonyl (C=O) groups excluding carboxylic acids is 1. The number of hydrogen-bond acceptors (Lipinski definition) is 4. The van der Waals surface area contributed by atoms with Crippen molar-refractivity contribution >= 4 is 6.47 Å². The lowest BCUT2D eigenvalue weighted by Crippen LogP contribution is -2.32. The lowest BCUT2D eigenvalue weighted by atomic mass is 9.74. The third kappa shape index (κ3) is 5.90. The van der Waals surface area contributed by atoms with Crippen molar-refractivity contribution in [2.75, 3.05) is 0 Å². The number of hydrogen-bond donors (Lipinski definition) is 2. The van der Waals surface area contributed by atoms with E-state index in [4.69, 9.17) is 4.74 Å². The van der Waals surface area contributed by atoms with Crippen molar-refractivity contribution < 1.29 is 19.7 Å². The second-order valence-corrected chi connectivity index (χ2v) is 9.99. The highest BCUT2D eigenvalue weighted by Gasteiger charge is 2.39. The first-order valence-corrected chi connectivity index (χ1v) is 12.5. The van der Waals surface area contributed by atoms with Gasteiger partial charge in [-0.1, -0.05) is 45.4 Å². The average Bonchev–Trinajstić information content (AvgIpc) is 3.61. The molecule has 30 heavy (non-hydrogen) atoms. The van der Waals surface area contributed by atoms with Crippen molar-refractivity contribution in [3.05, 3.63) is 23.2 Å². The van der Waals surface area contributed by atoms with E-state index in [0.717, 1.165) is 31.3 Å². The fraction of sp³-hybridized carbons (Fsp3) is 0.808. The van der Waals surface area contributed by atoms with E-state index in [9.17, 15) is 15.0 Å². The third-order valence-electron chi connectivity index (χ3n) is 8.01. The Bertz CT molecular complexity index is 607. The van der Waals surface area contributed by atoms with E-state index in [1.54, 1.807) is 6.08 Å². The molecule has 3 fully saturated rings. The largest absolute Gasteiger partial charge is 0.508 e. The molecule has 0 heterocycles. The Morgan fingerprint density at radius 1 is 0.933 bits per heavy atom. The van der Waals surface area contributed by atoms with Gasteiger partial charge in [0.25, 0.3) is 6.47 Å². The zero-order valence-corrected chi connectivity index (χ0v) is 19.0. The zero-order valence-electron chi connectivity index (χ0n) is 19.0. The van der Waals surface area contributed by atoms with Gasteiger partial charge in [0.05, 0.1) is 6.10 Å². The first-order valence-electron chi connectivity index (χ1n) is 12.5. The van der Waals surface area contributed by atoms with Gasteiger partial charge in [0.15, 0.2) is 0 Å². The fourth-order valence-corrected chi connectivity index (χ4v) is 6.16. The van der Waals surface area contributed by atoms with Crippen LogP contribution in [0.25, 0.3) is 0 Å². The minimum atomic E-state index is -0.535. The summed E-state index contributed by atoms with van der Waals surface area (Å²) in [4.78, 5) is 11.2. The molecule has 3 aliphatic carbocycles. The summed E-state index contributed by atoms with van der Waals surface area (Å²) in [6.07, 6.45) is 16.3. The first kappa shape index (κ1) is 23.4. The van der Waals surface area contributed by atoms with Crippen molar-refractivity contribution in [3.8, 4) is 0 Å². The Balaban J connectivity index is 1.82.